The quantitative estimate of drug-likeness (QED) is 0.504. The summed E-state index contributed by atoms with van der Waals surface area (Å²) in [5.41, 5.74) is 3.95. The maximum absolute atomic E-state index is 6.04. The number of likely N-dealkylation sites (N-methyl/N-ethyl adjacent to an activating group) is 1. The Kier molecular flexibility index (Phi) is 7.23. The van der Waals surface area contributed by atoms with Gasteiger partial charge in [0.25, 0.3) is 0 Å². The molecule has 0 saturated carbocycles. The topological polar surface area (TPSA) is 33.7 Å². The monoisotopic (exact) mass is 416 g/mol. The van der Waals surface area contributed by atoms with Gasteiger partial charge >= 0.3 is 0 Å². The summed E-state index contributed by atoms with van der Waals surface area (Å²) >= 11 is 0. The van der Waals surface area contributed by atoms with Crippen LogP contribution in [0.5, 0.6) is 17.2 Å². The molecule has 4 rings (SSSR count). The lowest BCUT2D eigenvalue weighted by molar-refractivity contribution is 0.222. The lowest BCUT2D eigenvalue weighted by Gasteiger charge is -2.28. The second-order valence-electron chi connectivity index (χ2n) is 7.86. The van der Waals surface area contributed by atoms with Gasteiger partial charge < -0.3 is 19.7 Å². The zero-order valence-electron chi connectivity index (χ0n) is 18.5. The Morgan fingerprint density at radius 2 is 1.58 bits per heavy atom. The van der Waals surface area contributed by atoms with Gasteiger partial charge in [-0.05, 0) is 72.6 Å². The molecule has 1 unspecified atom stereocenters. The Balaban J connectivity index is 1.43. The summed E-state index contributed by atoms with van der Waals surface area (Å²) in [7, 11) is 0. The molecule has 1 heterocycles. The van der Waals surface area contributed by atoms with Gasteiger partial charge in [0.1, 0.15) is 23.9 Å². The summed E-state index contributed by atoms with van der Waals surface area (Å²) in [5, 5.41) is 3.67. The lowest BCUT2D eigenvalue weighted by atomic mass is 9.90. The van der Waals surface area contributed by atoms with Crippen LogP contribution in [0.3, 0.4) is 0 Å². The average molecular weight is 417 g/mol. The molecule has 1 atom stereocenters. The molecule has 1 N–H and O–H groups in total. The van der Waals surface area contributed by atoms with Crippen molar-refractivity contribution in [3.63, 3.8) is 0 Å². The molecule has 1 aliphatic heterocycles. The predicted molar refractivity (Wildman–Crippen MR) is 126 cm³/mol. The number of nitrogens with zero attached hydrogens (tertiary/aromatic N) is 1. The SMILES string of the molecule is CCN(CC)CCOc1ccc2c(c1)CCNC2c1ccc(Oc2ccccc2)cc1. The number of hydrogen-bond acceptors (Lipinski definition) is 4. The fourth-order valence-electron chi connectivity index (χ4n) is 4.11. The number of benzene rings is 3. The minimum atomic E-state index is 0.194. The number of para-hydroxylation sites is 1. The number of fused-ring (bicyclic) bond motifs is 1. The molecule has 0 amide bonds. The first kappa shape index (κ1) is 21.4. The summed E-state index contributed by atoms with van der Waals surface area (Å²) in [6, 6.07) is 25.0. The van der Waals surface area contributed by atoms with Gasteiger partial charge in [-0.1, -0.05) is 50.2 Å². The maximum Gasteiger partial charge on any atom is 0.127 e. The molecule has 3 aromatic carbocycles. The van der Waals surface area contributed by atoms with Gasteiger partial charge in [-0.25, -0.2) is 0 Å². The number of ether oxygens (including phenoxy) is 2. The van der Waals surface area contributed by atoms with Gasteiger partial charge in [0.15, 0.2) is 0 Å². The molecule has 162 valence electrons. The number of rotatable bonds is 9. The molecule has 3 aromatic rings. The van der Waals surface area contributed by atoms with E-state index >= 15 is 0 Å². The van der Waals surface area contributed by atoms with E-state index in [1.807, 2.05) is 42.5 Å². The van der Waals surface area contributed by atoms with Crippen molar-refractivity contribution in [3.05, 3.63) is 89.5 Å². The summed E-state index contributed by atoms with van der Waals surface area (Å²) in [5.74, 6) is 2.67. The van der Waals surface area contributed by atoms with Crippen molar-refractivity contribution >= 4 is 0 Å². The highest BCUT2D eigenvalue weighted by atomic mass is 16.5. The lowest BCUT2D eigenvalue weighted by Crippen LogP contribution is -2.30. The molecule has 0 radical (unpaired) electrons. The van der Waals surface area contributed by atoms with Gasteiger partial charge in [0.2, 0.25) is 0 Å². The first-order chi connectivity index (χ1) is 15.3. The average Bonchev–Trinajstić information content (AvgIpc) is 2.82. The Bertz CT molecular complexity index is 953. The molecule has 4 nitrogen and oxygen atoms in total. The maximum atomic E-state index is 6.04. The van der Waals surface area contributed by atoms with E-state index in [0.717, 1.165) is 56.5 Å². The molecular formula is C27H32N2O2. The van der Waals surface area contributed by atoms with Gasteiger partial charge in [-0.15, -0.1) is 0 Å². The first-order valence-corrected chi connectivity index (χ1v) is 11.3. The van der Waals surface area contributed by atoms with Crippen LogP contribution < -0.4 is 14.8 Å². The zero-order chi connectivity index (χ0) is 21.5. The van der Waals surface area contributed by atoms with Gasteiger partial charge in [0, 0.05) is 13.1 Å². The van der Waals surface area contributed by atoms with Crippen molar-refractivity contribution in [2.45, 2.75) is 26.3 Å². The van der Waals surface area contributed by atoms with Crippen molar-refractivity contribution < 1.29 is 9.47 Å². The minimum Gasteiger partial charge on any atom is -0.492 e. The Labute approximate surface area is 185 Å². The number of hydrogen-bond donors (Lipinski definition) is 1. The van der Waals surface area contributed by atoms with Crippen LogP contribution in [-0.4, -0.2) is 37.7 Å². The van der Waals surface area contributed by atoms with E-state index in [2.05, 4.69) is 54.4 Å². The molecule has 0 saturated heterocycles. The largest absolute Gasteiger partial charge is 0.492 e. The standard InChI is InChI=1S/C27H32N2O2/c1-3-29(4-2)18-19-30-25-14-15-26-22(20-25)16-17-28-27(26)21-10-12-24(13-11-21)31-23-8-6-5-7-9-23/h5-15,20,27-28H,3-4,16-19H2,1-2H3. The van der Waals surface area contributed by atoms with Crippen molar-refractivity contribution in [2.24, 2.45) is 0 Å². The summed E-state index contributed by atoms with van der Waals surface area (Å²) in [4.78, 5) is 2.38. The molecule has 0 bridgehead atoms. The van der Waals surface area contributed by atoms with Crippen LogP contribution >= 0.6 is 0 Å². The smallest absolute Gasteiger partial charge is 0.127 e. The normalized spacial score (nSPS) is 15.5. The molecule has 0 aliphatic carbocycles. The third kappa shape index (κ3) is 5.46. The highest BCUT2D eigenvalue weighted by Gasteiger charge is 2.21. The van der Waals surface area contributed by atoms with E-state index in [1.165, 1.54) is 16.7 Å². The summed E-state index contributed by atoms with van der Waals surface area (Å²) in [6.07, 6.45) is 1.02. The number of nitrogens with one attached hydrogen (secondary N) is 1. The van der Waals surface area contributed by atoms with Gasteiger partial charge in [-0.2, -0.15) is 0 Å². The second kappa shape index (κ2) is 10.5. The van der Waals surface area contributed by atoms with Crippen LogP contribution in [0.4, 0.5) is 0 Å². The molecule has 4 heteroatoms. The first-order valence-electron chi connectivity index (χ1n) is 11.3. The van der Waals surface area contributed by atoms with Crippen LogP contribution in [-0.2, 0) is 6.42 Å². The molecule has 0 aromatic heterocycles. The van der Waals surface area contributed by atoms with Crippen LogP contribution in [0.25, 0.3) is 0 Å². The fraction of sp³-hybridized carbons (Fsp3) is 0.333. The van der Waals surface area contributed by atoms with Crippen LogP contribution in [0, 0.1) is 0 Å². The van der Waals surface area contributed by atoms with Crippen LogP contribution in [0.2, 0.25) is 0 Å². The molecule has 31 heavy (non-hydrogen) atoms. The van der Waals surface area contributed by atoms with E-state index in [4.69, 9.17) is 9.47 Å². The van der Waals surface area contributed by atoms with E-state index in [9.17, 15) is 0 Å². The Morgan fingerprint density at radius 3 is 2.32 bits per heavy atom. The predicted octanol–water partition coefficient (Wildman–Crippen LogP) is 5.43. The molecular weight excluding hydrogens is 384 g/mol. The molecule has 1 aliphatic rings. The van der Waals surface area contributed by atoms with E-state index in [-0.39, 0.29) is 6.04 Å². The molecule has 0 spiro atoms. The van der Waals surface area contributed by atoms with Crippen LogP contribution in [0.15, 0.2) is 72.8 Å². The van der Waals surface area contributed by atoms with Gasteiger partial charge in [0.05, 0.1) is 6.04 Å². The Hall–Kier alpha value is -2.82. The zero-order valence-corrected chi connectivity index (χ0v) is 18.5. The highest BCUT2D eigenvalue weighted by molar-refractivity contribution is 5.45. The van der Waals surface area contributed by atoms with Crippen molar-refractivity contribution in [1.29, 1.82) is 0 Å². The third-order valence-electron chi connectivity index (χ3n) is 5.93. The highest BCUT2D eigenvalue weighted by Crippen LogP contribution is 2.32. The van der Waals surface area contributed by atoms with Crippen molar-refractivity contribution in [3.8, 4) is 17.2 Å². The second-order valence-corrected chi connectivity index (χ2v) is 7.86. The van der Waals surface area contributed by atoms with E-state index < -0.39 is 0 Å². The van der Waals surface area contributed by atoms with Crippen molar-refractivity contribution in [2.75, 3.05) is 32.8 Å². The fourth-order valence-corrected chi connectivity index (χ4v) is 4.11. The molecule has 0 fully saturated rings. The Morgan fingerprint density at radius 1 is 0.871 bits per heavy atom. The van der Waals surface area contributed by atoms with Crippen LogP contribution in [0.1, 0.15) is 36.6 Å². The minimum absolute atomic E-state index is 0.194. The van der Waals surface area contributed by atoms with Crippen molar-refractivity contribution in [1.82, 2.24) is 10.2 Å². The van der Waals surface area contributed by atoms with E-state index in [0.29, 0.717) is 0 Å². The van der Waals surface area contributed by atoms with E-state index in [1.54, 1.807) is 0 Å². The van der Waals surface area contributed by atoms with Gasteiger partial charge in [-0.3, -0.25) is 0 Å². The third-order valence-corrected chi connectivity index (χ3v) is 5.93. The summed E-state index contributed by atoms with van der Waals surface area (Å²) in [6.45, 7) is 9.16. The summed E-state index contributed by atoms with van der Waals surface area (Å²) < 4.78 is 12.0.